The van der Waals surface area contributed by atoms with Crippen molar-refractivity contribution in [3.8, 4) is 11.3 Å². The molecule has 0 saturated carbocycles. The first-order valence-electron chi connectivity index (χ1n) is 14.6. The fourth-order valence-corrected chi connectivity index (χ4v) is 8.62. The summed E-state index contributed by atoms with van der Waals surface area (Å²) in [6.07, 6.45) is 0. The van der Waals surface area contributed by atoms with Crippen LogP contribution in [0.3, 0.4) is 0 Å². The van der Waals surface area contributed by atoms with E-state index in [-0.39, 0.29) is 30.5 Å². The summed E-state index contributed by atoms with van der Waals surface area (Å²) >= 11 is 2.75. The highest BCUT2D eigenvalue weighted by Crippen LogP contribution is 2.52. The smallest absolute Gasteiger partial charge is 0.327 e. The first-order chi connectivity index (χ1) is 21.0. The van der Waals surface area contributed by atoms with Crippen LogP contribution in [-0.2, 0) is 20.9 Å². The van der Waals surface area contributed by atoms with Crippen molar-refractivity contribution in [3.05, 3.63) is 69.8 Å². The zero-order chi connectivity index (χ0) is 31.2. The maximum Gasteiger partial charge on any atom is 0.327 e. The van der Waals surface area contributed by atoms with Crippen molar-refractivity contribution in [2.45, 2.75) is 42.6 Å². The summed E-state index contributed by atoms with van der Waals surface area (Å²) in [4.78, 5) is 62.2. The zero-order valence-electron chi connectivity index (χ0n) is 24.9. The van der Waals surface area contributed by atoms with Gasteiger partial charge in [0.2, 0.25) is 5.91 Å². The number of hydrogen-bond acceptors (Lipinski definition) is 9. The number of hydrogen-bond donors (Lipinski definition) is 3. The molecule has 3 aliphatic rings. The zero-order valence-corrected chi connectivity index (χ0v) is 26.5. The number of aliphatic carboxylic acids is 1. The maximum atomic E-state index is 13.5. The molecule has 3 aromatic rings. The molecule has 2 amide bonds. The number of rotatable bonds is 9. The topological polar surface area (TPSA) is 129 Å². The highest BCUT2D eigenvalue weighted by Gasteiger charge is 2.66. The van der Waals surface area contributed by atoms with Crippen molar-refractivity contribution in [2.24, 2.45) is 0 Å². The number of aromatic amines is 1. The Balaban J connectivity index is 1.10. The lowest BCUT2D eigenvalue weighted by atomic mass is 9.95. The number of anilines is 2. The molecule has 1 aromatic carbocycles. The third-order valence-electron chi connectivity index (χ3n) is 8.57. The Morgan fingerprint density at radius 1 is 1.07 bits per heavy atom. The van der Waals surface area contributed by atoms with Gasteiger partial charge in [0, 0.05) is 54.4 Å². The number of thiophene rings is 1. The number of amides is 2. The maximum absolute atomic E-state index is 13.5. The Morgan fingerprint density at radius 2 is 1.80 bits per heavy atom. The molecular formula is C31H36N6O5S2. The molecule has 5 heterocycles. The van der Waals surface area contributed by atoms with Gasteiger partial charge in [-0.1, -0.05) is 18.2 Å². The number of fused-ring (bicyclic) bond motifs is 1. The Hall–Kier alpha value is -3.65. The molecule has 0 unspecified atom stereocenters. The molecule has 232 valence electrons. The molecule has 3 saturated heterocycles. The summed E-state index contributed by atoms with van der Waals surface area (Å²) in [5.41, 5.74) is 3.04. The number of likely N-dealkylation sites (N-methyl/N-ethyl adjacent to an activating group) is 1. The molecule has 0 bridgehead atoms. The minimum absolute atomic E-state index is 0.0975. The van der Waals surface area contributed by atoms with Gasteiger partial charge in [0.1, 0.15) is 17.5 Å². The number of carboxylic acid groups (broad SMARTS) is 1. The van der Waals surface area contributed by atoms with E-state index in [1.165, 1.54) is 38.6 Å². The quantitative estimate of drug-likeness (QED) is 0.304. The predicted molar refractivity (Wildman–Crippen MR) is 173 cm³/mol. The van der Waals surface area contributed by atoms with Crippen LogP contribution in [-0.4, -0.2) is 99.7 Å². The summed E-state index contributed by atoms with van der Waals surface area (Å²) < 4.78 is -0.691. The Kier molecular flexibility index (Phi) is 8.31. The summed E-state index contributed by atoms with van der Waals surface area (Å²) in [6.45, 7) is 7.73. The van der Waals surface area contributed by atoms with Crippen LogP contribution >= 0.6 is 23.1 Å². The Labute approximate surface area is 263 Å². The second-order valence-electron chi connectivity index (χ2n) is 11.9. The van der Waals surface area contributed by atoms with Gasteiger partial charge in [0.05, 0.1) is 11.5 Å². The van der Waals surface area contributed by atoms with E-state index in [4.69, 9.17) is 0 Å². The molecule has 3 fully saturated rings. The molecular weight excluding hydrogens is 601 g/mol. The molecule has 3 atom stereocenters. The van der Waals surface area contributed by atoms with Gasteiger partial charge in [-0.3, -0.25) is 19.3 Å². The molecule has 3 aliphatic heterocycles. The van der Waals surface area contributed by atoms with Crippen molar-refractivity contribution in [1.82, 2.24) is 20.1 Å². The summed E-state index contributed by atoms with van der Waals surface area (Å²) in [6, 6.07) is 13.7. The molecule has 2 aromatic heterocycles. The van der Waals surface area contributed by atoms with Crippen molar-refractivity contribution >= 4 is 51.6 Å². The molecule has 6 rings (SSSR count). The minimum atomic E-state index is -1.05. The van der Waals surface area contributed by atoms with Gasteiger partial charge in [-0.25, -0.2) is 4.79 Å². The van der Waals surface area contributed by atoms with Crippen molar-refractivity contribution in [1.29, 1.82) is 0 Å². The van der Waals surface area contributed by atoms with Crippen LogP contribution < -0.4 is 20.7 Å². The molecule has 0 aliphatic carbocycles. The largest absolute Gasteiger partial charge is 0.480 e. The number of carboxylic acids is 1. The SMILES string of the molecule is CN1CCN(c2ccc(-c3ccc(CNCC(=O)N(c4cccs4)[C@@H]4C(=O)N5[C@@H]4SC(C)(C)[C@@H]5C(=O)O)c(=O)[nH]3)cc2)CC1. The number of pyridine rings is 1. The van der Waals surface area contributed by atoms with E-state index in [1.807, 2.05) is 37.4 Å². The van der Waals surface area contributed by atoms with E-state index in [9.17, 15) is 24.3 Å². The van der Waals surface area contributed by atoms with Crippen molar-refractivity contribution in [2.75, 3.05) is 49.6 Å². The van der Waals surface area contributed by atoms with E-state index in [0.29, 0.717) is 16.3 Å². The van der Waals surface area contributed by atoms with E-state index < -0.39 is 28.2 Å². The van der Waals surface area contributed by atoms with E-state index in [2.05, 4.69) is 39.3 Å². The standard InChI is InChI=1S/C31H36N6O5S2/c1-31(2)26(30(41)42)37-28(40)25(29(37)44-31)36(24-5-4-16-43-24)23(38)18-32-17-20-8-11-22(33-27(20)39)19-6-9-21(10-7-19)35-14-12-34(3)13-15-35/h4-11,16,25-26,29,32H,12-15,17-18H2,1-3H3,(H,33,39)(H,41,42)/t25-,26+,29-/m1/s1. The third kappa shape index (κ3) is 5.65. The number of aromatic nitrogens is 1. The van der Waals surface area contributed by atoms with E-state index >= 15 is 0 Å². The van der Waals surface area contributed by atoms with Crippen LogP contribution in [0.25, 0.3) is 11.3 Å². The molecule has 0 radical (unpaired) electrons. The lowest BCUT2D eigenvalue weighted by Crippen LogP contribution is -2.72. The molecule has 3 N–H and O–H groups in total. The third-order valence-corrected chi connectivity index (χ3v) is 11.0. The van der Waals surface area contributed by atoms with Gasteiger partial charge >= 0.3 is 5.97 Å². The highest BCUT2D eigenvalue weighted by atomic mass is 32.2. The van der Waals surface area contributed by atoms with Crippen LogP contribution in [0.2, 0.25) is 0 Å². The van der Waals surface area contributed by atoms with Gasteiger partial charge in [-0.2, -0.15) is 0 Å². The van der Waals surface area contributed by atoms with Crippen LogP contribution in [0, 0.1) is 0 Å². The monoisotopic (exact) mass is 636 g/mol. The van der Waals surface area contributed by atoms with Gasteiger partial charge in [0.25, 0.3) is 11.5 Å². The predicted octanol–water partition coefficient (Wildman–Crippen LogP) is 2.49. The van der Waals surface area contributed by atoms with Crippen LogP contribution in [0.15, 0.2) is 58.7 Å². The minimum Gasteiger partial charge on any atom is -0.480 e. The first kappa shape index (κ1) is 30.4. The fraction of sp³-hybridized carbons (Fsp3) is 0.419. The fourth-order valence-electron chi connectivity index (χ4n) is 6.17. The van der Waals surface area contributed by atoms with Crippen molar-refractivity contribution < 1.29 is 19.5 Å². The van der Waals surface area contributed by atoms with Gasteiger partial charge in [-0.15, -0.1) is 23.1 Å². The normalized spacial score (nSPS) is 22.9. The van der Waals surface area contributed by atoms with Gasteiger partial charge < -0.3 is 30.1 Å². The number of thioether (sulfide) groups is 1. The molecule has 44 heavy (non-hydrogen) atoms. The highest BCUT2D eigenvalue weighted by molar-refractivity contribution is 8.01. The molecule has 0 spiro atoms. The van der Waals surface area contributed by atoms with Crippen LogP contribution in [0.4, 0.5) is 10.7 Å². The Morgan fingerprint density at radius 3 is 2.43 bits per heavy atom. The summed E-state index contributed by atoms with van der Waals surface area (Å²) in [5, 5.41) is 14.8. The van der Waals surface area contributed by atoms with Crippen LogP contribution in [0.5, 0.6) is 0 Å². The summed E-state index contributed by atoms with van der Waals surface area (Å²) in [5.74, 6) is -1.74. The number of H-pyrrole nitrogens is 1. The number of piperazine rings is 1. The molecule has 11 nitrogen and oxygen atoms in total. The molecule has 13 heteroatoms. The number of benzene rings is 1. The second-order valence-corrected chi connectivity index (χ2v) is 14.6. The first-order valence-corrected chi connectivity index (χ1v) is 16.4. The number of carbonyl (C=O) groups excluding carboxylic acids is 2. The Bertz CT molecular complexity index is 1600. The lowest BCUT2D eigenvalue weighted by molar-refractivity contribution is -0.159. The van der Waals surface area contributed by atoms with Crippen LogP contribution in [0.1, 0.15) is 19.4 Å². The number of nitrogens with one attached hydrogen (secondary N) is 2. The average molecular weight is 637 g/mol. The number of β-lactam (4-membered cyclic amide) rings is 1. The van der Waals surface area contributed by atoms with E-state index in [0.717, 1.165) is 31.7 Å². The van der Waals surface area contributed by atoms with Crippen molar-refractivity contribution in [3.63, 3.8) is 0 Å². The second kappa shape index (κ2) is 12.0. The van der Waals surface area contributed by atoms with Gasteiger partial charge in [-0.05, 0) is 62.2 Å². The number of carbonyl (C=O) groups is 3. The summed E-state index contributed by atoms with van der Waals surface area (Å²) in [7, 11) is 2.13. The lowest BCUT2D eigenvalue weighted by Gasteiger charge is -2.47. The number of nitrogens with zero attached hydrogens (tertiary/aromatic N) is 4. The van der Waals surface area contributed by atoms with E-state index in [1.54, 1.807) is 18.2 Å². The van der Waals surface area contributed by atoms with Gasteiger partial charge in [0.15, 0.2) is 0 Å². The average Bonchev–Trinajstić information content (AvgIpc) is 3.61.